The number of aromatic nitrogens is 1. The number of hydrogen-bond acceptors (Lipinski definition) is 4. The van der Waals surface area contributed by atoms with Gasteiger partial charge in [-0.05, 0) is 12.8 Å². The number of hydrogen-bond donors (Lipinski definition) is 2. The predicted molar refractivity (Wildman–Crippen MR) is 77.7 cm³/mol. The second kappa shape index (κ2) is 7.23. The van der Waals surface area contributed by atoms with E-state index in [0.29, 0.717) is 6.54 Å². The van der Waals surface area contributed by atoms with Crippen molar-refractivity contribution in [3.05, 3.63) is 16.1 Å². The molecule has 2 amide bonds. The lowest BCUT2D eigenvalue weighted by molar-refractivity contribution is -0.137. The first-order valence-electron chi connectivity index (χ1n) is 6.44. The Labute approximate surface area is 122 Å². The zero-order valence-electron chi connectivity index (χ0n) is 12.2. The number of nitrogens with one attached hydrogen (secondary N) is 1. The summed E-state index contributed by atoms with van der Waals surface area (Å²) in [6.45, 7) is 6.10. The number of carboxylic acid groups (broad SMARTS) is 1. The average molecular weight is 299 g/mol. The molecule has 1 heterocycles. The fourth-order valence-corrected chi connectivity index (χ4v) is 2.31. The van der Waals surface area contributed by atoms with E-state index in [1.165, 1.54) is 16.2 Å². The van der Waals surface area contributed by atoms with Gasteiger partial charge in [-0.3, -0.25) is 4.79 Å². The Bertz CT molecular complexity index is 473. The van der Waals surface area contributed by atoms with Crippen LogP contribution in [0.4, 0.5) is 4.79 Å². The van der Waals surface area contributed by atoms with E-state index in [1.54, 1.807) is 7.05 Å². The Morgan fingerprint density at radius 2 is 2.15 bits per heavy atom. The molecule has 20 heavy (non-hydrogen) atoms. The average Bonchev–Trinajstić information content (AvgIpc) is 2.72. The van der Waals surface area contributed by atoms with Crippen LogP contribution in [0.1, 0.15) is 31.0 Å². The summed E-state index contributed by atoms with van der Waals surface area (Å²) in [6.07, 6.45) is -0.0763. The minimum Gasteiger partial charge on any atom is -0.481 e. The lowest BCUT2D eigenvalue weighted by Gasteiger charge is -2.24. The summed E-state index contributed by atoms with van der Waals surface area (Å²) in [5.41, 5.74) is 0.837. The molecule has 0 aliphatic rings. The molecule has 6 nitrogen and oxygen atoms in total. The second-order valence-electron chi connectivity index (χ2n) is 5.11. The first-order valence-corrected chi connectivity index (χ1v) is 7.32. The van der Waals surface area contributed by atoms with Crippen molar-refractivity contribution in [2.24, 2.45) is 5.92 Å². The van der Waals surface area contributed by atoms with Crippen molar-refractivity contribution in [3.63, 3.8) is 0 Å². The standard InChI is InChI=1S/C13H21N3O3S/c1-8(2)11(5-12(17)18)15-13(19)16(4)6-10-7-20-9(3)14-10/h7-8,11H,5-6H2,1-4H3,(H,15,19)(H,17,18). The zero-order valence-corrected chi connectivity index (χ0v) is 13.0. The number of carbonyl (C=O) groups is 2. The molecular weight excluding hydrogens is 278 g/mol. The minimum absolute atomic E-state index is 0.0602. The van der Waals surface area contributed by atoms with Crippen molar-refractivity contribution in [2.45, 2.75) is 39.8 Å². The van der Waals surface area contributed by atoms with Crippen LogP contribution in [-0.2, 0) is 11.3 Å². The van der Waals surface area contributed by atoms with E-state index in [-0.39, 0.29) is 24.4 Å². The SMILES string of the molecule is Cc1nc(CN(C)C(=O)NC(CC(=O)O)C(C)C)cs1. The molecule has 1 aromatic rings. The lowest BCUT2D eigenvalue weighted by Crippen LogP contribution is -2.45. The van der Waals surface area contributed by atoms with E-state index in [9.17, 15) is 9.59 Å². The summed E-state index contributed by atoms with van der Waals surface area (Å²) >= 11 is 1.54. The van der Waals surface area contributed by atoms with Gasteiger partial charge >= 0.3 is 12.0 Å². The van der Waals surface area contributed by atoms with Crippen molar-refractivity contribution >= 4 is 23.3 Å². The highest BCUT2D eigenvalue weighted by atomic mass is 32.1. The van der Waals surface area contributed by atoms with Gasteiger partial charge < -0.3 is 15.3 Å². The summed E-state index contributed by atoms with van der Waals surface area (Å²) < 4.78 is 0. The van der Waals surface area contributed by atoms with Gasteiger partial charge in [-0.1, -0.05) is 13.8 Å². The van der Waals surface area contributed by atoms with E-state index in [2.05, 4.69) is 10.3 Å². The molecule has 0 bridgehead atoms. The van der Waals surface area contributed by atoms with Crippen LogP contribution in [0.25, 0.3) is 0 Å². The largest absolute Gasteiger partial charge is 0.481 e. The summed E-state index contributed by atoms with van der Waals surface area (Å²) in [4.78, 5) is 28.6. The minimum atomic E-state index is -0.915. The highest BCUT2D eigenvalue weighted by Crippen LogP contribution is 2.11. The van der Waals surface area contributed by atoms with Gasteiger partial charge in [-0.15, -0.1) is 11.3 Å². The van der Waals surface area contributed by atoms with Gasteiger partial charge in [0.25, 0.3) is 0 Å². The summed E-state index contributed by atoms with van der Waals surface area (Å²) in [5, 5.41) is 14.5. The molecule has 0 aliphatic carbocycles. The number of carboxylic acids is 1. The first kappa shape index (κ1) is 16.4. The molecule has 2 N–H and O–H groups in total. The monoisotopic (exact) mass is 299 g/mol. The van der Waals surface area contributed by atoms with E-state index in [4.69, 9.17) is 5.11 Å². The maximum atomic E-state index is 12.0. The topological polar surface area (TPSA) is 82.5 Å². The highest BCUT2D eigenvalue weighted by molar-refractivity contribution is 7.09. The number of nitrogens with zero attached hydrogens (tertiary/aromatic N) is 2. The fourth-order valence-electron chi connectivity index (χ4n) is 1.71. The van der Waals surface area contributed by atoms with Crippen LogP contribution in [0.5, 0.6) is 0 Å². The van der Waals surface area contributed by atoms with E-state index in [1.807, 2.05) is 26.2 Å². The number of rotatable bonds is 6. The molecule has 0 aromatic carbocycles. The molecule has 7 heteroatoms. The van der Waals surface area contributed by atoms with Crippen LogP contribution in [0.2, 0.25) is 0 Å². The van der Waals surface area contributed by atoms with Crippen LogP contribution in [0, 0.1) is 12.8 Å². The third-order valence-electron chi connectivity index (χ3n) is 2.92. The summed E-state index contributed by atoms with van der Waals surface area (Å²) in [7, 11) is 1.67. The van der Waals surface area contributed by atoms with Crippen LogP contribution in [-0.4, -0.2) is 40.1 Å². The zero-order chi connectivity index (χ0) is 15.3. The molecule has 0 aliphatic heterocycles. The molecule has 0 saturated carbocycles. The lowest BCUT2D eigenvalue weighted by atomic mass is 10.0. The van der Waals surface area contributed by atoms with Gasteiger partial charge in [0.05, 0.1) is 23.7 Å². The van der Waals surface area contributed by atoms with E-state index >= 15 is 0 Å². The van der Waals surface area contributed by atoms with Gasteiger partial charge in [0.2, 0.25) is 0 Å². The Hall–Kier alpha value is -1.63. The number of urea groups is 1. The number of thiazole rings is 1. The van der Waals surface area contributed by atoms with Crippen LogP contribution in [0.15, 0.2) is 5.38 Å². The maximum Gasteiger partial charge on any atom is 0.317 e. The predicted octanol–water partition coefficient (Wildman–Crippen LogP) is 2.09. The molecule has 1 aromatic heterocycles. The molecule has 0 spiro atoms. The molecule has 1 rings (SSSR count). The van der Waals surface area contributed by atoms with Crippen molar-refractivity contribution in [3.8, 4) is 0 Å². The molecule has 0 radical (unpaired) electrons. The van der Waals surface area contributed by atoms with Gasteiger partial charge in [-0.25, -0.2) is 9.78 Å². The fraction of sp³-hybridized carbons (Fsp3) is 0.615. The van der Waals surface area contributed by atoms with E-state index in [0.717, 1.165) is 10.7 Å². The maximum absolute atomic E-state index is 12.0. The Morgan fingerprint density at radius 3 is 2.60 bits per heavy atom. The number of aryl methyl sites for hydroxylation is 1. The quantitative estimate of drug-likeness (QED) is 0.842. The molecular formula is C13H21N3O3S. The van der Waals surface area contributed by atoms with Gasteiger partial charge in [0.1, 0.15) is 0 Å². The smallest absolute Gasteiger partial charge is 0.317 e. The van der Waals surface area contributed by atoms with Gasteiger partial charge in [0.15, 0.2) is 0 Å². The van der Waals surface area contributed by atoms with E-state index < -0.39 is 5.97 Å². The molecule has 1 atom stereocenters. The second-order valence-corrected chi connectivity index (χ2v) is 6.17. The third kappa shape index (κ3) is 5.16. The molecule has 1 unspecified atom stereocenters. The number of amides is 2. The molecule has 0 saturated heterocycles. The summed E-state index contributed by atoms with van der Waals surface area (Å²) in [5.74, 6) is -0.855. The highest BCUT2D eigenvalue weighted by Gasteiger charge is 2.21. The molecule has 112 valence electrons. The first-order chi connectivity index (χ1) is 9.29. The third-order valence-corrected chi connectivity index (χ3v) is 3.74. The van der Waals surface area contributed by atoms with Crippen molar-refractivity contribution in [1.82, 2.24) is 15.2 Å². The van der Waals surface area contributed by atoms with Crippen molar-refractivity contribution in [2.75, 3.05) is 7.05 Å². The van der Waals surface area contributed by atoms with Gasteiger partial charge in [-0.2, -0.15) is 0 Å². The number of carbonyl (C=O) groups excluding carboxylic acids is 1. The van der Waals surface area contributed by atoms with Gasteiger partial charge in [0, 0.05) is 18.5 Å². The van der Waals surface area contributed by atoms with Crippen LogP contribution in [0.3, 0.4) is 0 Å². The Morgan fingerprint density at radius 1 is 1.50 bits per heavy atom. The normalized spacial score (nSPS) is 12.2. The summed E-state index contributed by atoms with van der Waals surface area (Å²) in [6, 6.07) is -0.657. The van der Waals surface area contributed by atoms with Crippen LogP contribution >= 0.6 is 11.3 Å². The molecule has 0 fully saturated rings. The van der Waals surface area contributed by atoms with Crippen molar-refractivity contribution in [1.29, 1.82) is 0 Å². The van der Waals surface area contributed by atoms with Crippen molar-refractivity contribution < 1.29 is 14.7 Å². The Kier molecular flexibility index (Phi) is 5.94. The Balaban J connectivity index is 2.57. The van der Waals surface area contributed by atoms with Crippen LogP contribution < -0.4 is 5.32 Å². The number of aliphatic carboxylic acids is 1.